The number of anilines is 1. The average molecular weight is 298 g/mol. The van der Waals surface area contributed by atoms with E-state index in [1.54, 1.807) is 7.11 Å². The fourth-order valence-corrected chi connectivity index (χ4v) is 2.38. The SMILES string of the molecule is COCCc1ccc(C)c(N(CC=O)C(=O)CCl)c1C. The Balaban J connectivity index is 3.25. The van der Waals surface area contributed by atoms with Crippen LogP contribution in [0, 0.1) is 13.8 Å². The minimum Gasteiger partial charge on any atom is -0.384 e. The molecule has 0 unspecified atom stereocenters. The number of hydrogen-bond donors (Lipinski definition) is 0. The highest BCUT2D eigenvalue weighted by Gasteiger charge is 2.19. The lowest BCUT2D eigenvalue weighted by atomic mass is 9.99. The first kappa shape index (κ1) is 16.7. The summed E-state index contributed by atoms with van der Waals surface area (Å²) in [4.78, 5) is 24.2. The first-order chi connectivity index (χ1) is 9.56. The molecule has 0 aromatic heterocycles. The molecule has 0 saturated heterocycles. The summed E-state index contributed by atoms with van der Waals surface area (Å²) in [5, 5.41) is 0. The maximum Gasteiger partial charge on any atom is 0.242 e. The van der Waals surface area contributed by atoms with Gasteiger partial charge in [0.05, 0.1) is 18.8 Å². The third-order valence-electron chi connectivity index (χ3n) is 3.26. The van der Waals surface area contributed by atoms with E-state index in [-0.39, 0.29) is 18.3 Å². The zero-order valence-corrected chi connectivity index (χ0v) is 12.9. The van der Waals surface area contributed by atoms with Gasteiger partial charge in [-0.1, -0.05) is 12.1 Å². The summed E-state index contributed by atoms with van der Waals surface area (Å²) < 4.78 is 5.09. The van der Waals surface area contributed by atoms with Crippen LogP contribution in [0.2, 0.25) is 0 Å². The fourth-order valence-electron chi connectivity index (χ4n) is 2.24. The molecule has 20 heavy (non-hydrogen) atoms. The van der Waals surface area contributed by atoms with Crippen molar-refractivity contribution in [2.45, 2.75) is 20.3 Å². The summed E-state index contributed by atoms with van der Waals surface area (Å²) in [5.74, 6) is -0.413. The Morgan fingerprint density at radius 1 is 1.40 bits per heavy atom. The van der Waals surface area contributed by atoms with Gasteiger partial charge in [-0.3, -0.25) is 4.79 Å². The van der Waals surface area contributed by atoms with Gasteiger partial charge in [-0.2, -0.15) is 0 Å². The molecule has 0 aliphatic carbocycles. The topological polar surface area (TPSA) is 46.6 Å². The van der Waals surface area contributed by atoms with Crippen LogP contribution in [0.15, 0.2) is 12.1 Å². The van der Waals surface area contributed by atoms with Gasteiger partial charge >= 0.3 is 0 Å². The third-order valence-corrected chi connectivity index (χ3v) is 3.49. The number of alkyl halides is 1. The van der Waals surface area contributed by atoms with Crippen LogP contribution in [0.25, 0.3) is 0 Å². The van der Waals surface area contributed by atoms with Crippen molar-refractivity contribution >= 4 is 29.5 Å². The highest BCUT2D eigenvalue weighted by molar-refractivity contribution is 6.29. The van der Waals surface area contributed by atoms with Crippen LogP contribution in [0.3, 0.4) is 0 Å². The summed E-state index contributed by atoms with van der Waals surface area (Å²) >= 11 is 5.63. The van der Waals surface area contributed by atoms with Crippen molar-refractivity contribution in [3.8, 4) is 0 Å². The van der Waals surface area contributed by atoms with Crippen LogP contribution in [-0.2, 0) is 20.7 Å². The zero-order chi connectivity index (χ0) is 15.1. The van der Waals surface area contributed by atoms with Crippen LogP contribution < -0.4 is 4.90 Å². The van der Waals surface area contributed by atoms with Crippen molar-refractivity contribution in [2.75, 3.05) is 31.0 Å². The second-order valence-corrected chi connectivity index (χ2v) is 4.83. The summed E-state index contributed by atoms with van der Waals surface area (Å²) in [5.41, 5.74) is 3.81. The number of carbonyl (C=O) groups excluding carboxylic acids is 2. The van der Waals surface area contributed by atoms with Gasteiger partial charge in [0.25, 0.3) is 0 Å². The van der Waals surface area contributed by atoms with Crippen molar-refractivity contribution in [3.63, 3.8) is 0 Å². The highest BCUT2D eigenvalue weighted by Crippen LogP contribution is 2.28. The molecule has 0 atom stereocenters. The second-order valence-electron chi connectivity index (χ2n) is 4.56. The van der Waals surface area contributed by atoms with Gasteiger partial charge in [0.1, 0.15) is 12.2 Å². The molecule has 5 heteroatoms. The molecule has 0 aliphatic heterocycles. The van der Waals surface area contributed by atoms with E-state index in [0.29, 0.717) is 12.9 Å². The van der Waals surface area contributed by atoms with Crippen LogP contribution in [-0.4, -0.2) is 38.3 Å². The molecule has 0 N–H and O–H groups in total. The standard InChI is InChI=1S/C15H20ClNO3/c1-11-4-5-13(6-9-20-3)12(2)15(11)17(7-8-18)14(19)10-16/h4-5,8H,6-7,9-10H2,1-3H3. The van der Waals surface area contributed by atoms with Gasteiger partial charge in [0, 0.05) is 7.11 Å². The minimum atomic E-state index is -0.270. The normalized spacial score (nSPS) is 10.4. The van der Waals surface area contributed by atoms with Gasteiger partial charge < -0.3 is 14.4 Å². The van der Waals surface area contributed by atoms with Gasteiger partial charge in [0.15, 0.2) is 0 Å². The predicted molar refractivity (Wildman–Crippen MR) is 80.6 cm³/mol. The molecular formula is C15H20ClNO3. The Hall–Kier alpha value is -1.39. The summed E-state index contributed by atoms with van der Waals surface area (Å²) in [6.45, 7) is 4.50. The van der Waals surface area contributed by atoms with E-state index in [9.17, 15) is 9.59 Å². The number of benzene rings is 1. The number of carbonyl (C=O) groups is 2. The number of halogens is 1. The summed E-state index contributed by atoms with van der Waals surface area (Å²) in [6.07, 6.45) is 1.48. The lowest BCUT2D eigenvalue weighted by Gasteiger charge is -2.25. The molecule has 0 heterocycles. The summed E-state index contributed by atoms with van der Waals surface area (Å²) in [6, 6.07) is 3.98. The molecular weight excluding hydrogens is 278 g/mol. The molecule has 4 nitrogen and oxygen atoms in total. The number of amides is 1. The van der Waals surface area contributed by atoms with Crippen molar-refractivity contribution in [3.05, 3.63) is 28.8 Å². The average Bonchev–Trinajstić information content (AvgIpc) is 2.44. The number of rotatable bonds is 7. The van der Waals surface area contributed by atoms with Crippen molar-refractivity contribution in [2.24, 2.45) is 0 Å². The smallest absolute Gasteiger partial charge is 0.242 e. The molecule has 1 aromatic carbocycles. The molecule has 0 spiro atoms. The number of nitrogens with zero attached hydrogens (tertiary/aromatic N) is 1. The molecule has 110 valence electrons. The van der Waals surface area contributed by atoms with Gasteiger partial charge in [-0.05, 0) is 37.0 Å². The molecule has 1 rings (SSSR count). The number of ether oxygens (including phenoxy) is 1. The lowest BCUT2D eigenvalue weighted by Crippen LogP contribution is -2.35. The molecule has 0 bridgehead atoms. The summed E-state index contributed by atoms with van der Waals surface area (Å²) in [7, 11) is 1.65. The first-order valence-electron chi connectivity index (χ1n) is 6.44. The Morgan fingerprint density at radius 2 is 2.10 bits per heavy atom. The van der Waals surface area contributed by atoms with Crippen LogP contribution >= 0.6 is 11.6 Å². The van der Waals surface area contributed by atoms with Crippen molar-refractivity contribution < 1.29 is 14.3 Å². The lowest BCUT2D eigenvalue weighted by molar-refractivity contribution is -0.117. The quantitative estimate of drug-likeness (QED) is 0.573. The second kappa shape index (κ2) is 8.02. The number of aldehydes is 1. The van der Waals surface area contributed by atoms with E-state index in [0.717, 1.165) is 28.8 Å². The highest BCUT2D eigenvalue weighted by atomic mass is 35.5. The van der Waals surface area contributed by atoms with Crippen LogP contribution in [0.4, 0.5) is 5.69 Å². The minimum absolute atomic E-state index is 0.0148. The fraction of sp³-hybridized carbons (Fsp3) is 0.467. The largest absolute Gasteiger partial charge is 0.384 e. The molecule has 0 radical (unpaired) electrons. The van der Waals surface area contributed by atoms with E-state index in [1.165, 1.54) is 4.90 Å². The Labute approximate surface area is 124 Å². The van der Waals surface area contributed by atoms with Gasteiger partial charge in [-0.25, -0.2) is 0 Å². The molecule has 0 saturated carbocycles. The third kappa shape index (κ3) is 3.81. The van der Waals surface area contributed by atoms with Gasteiger partial charge in [0.2, 0.25) is 5.91 Å². The molecule has 0 aliphatic rings. The van der Waals surface area contributed by atoms with E-state index in [4.69, 9.17) is 16.3 Å². The molecule has 1 aromatic rings. The molecule has 1 amide bonds. The number of methoxy groups -OCH3 is 1. The van der Waals surface area contributed by atoms with Crippen LogP contribution in [0.5, 0.6) is 0 Å². The Morgan fingerprint density at radius 3 is 2.65 bits per heavy atom. The monoisotopic (exact) mass is 297 g/mol. The Bertz CT molecular complexity index is 488. The van der Waals surface area contributed by atoms with Crippen molar-refractivity contribution in [1.82, 2.24) is 0 Å². The maximum atomic E-state index is 11.9. The van der Waals surface area contributed by atoms with Crippen molar-refractivity contribution in [1.29, 1.82) is 0 Å². The predicted octanol–water partition coefficient (Wildman–Crippen LogP) is 2.26. The van der Waals surface area contributed by atoms with Crippen LogP contribution in [0.1, 0.15) is 16.7 Å². The Kier molecular flexibility index (Phi) is 6.68. The van der Waals surface area contributed by atoms with E-state index < -0.39 is 0 Å². The number of aryl methyl sites for hydroxylation is 1. The van der Waals surface area contributed by atoms with E-state index >= 15 is 0 Å². The molecule has 0 fully saturated rings. The van der Waals surface area contributed by atoms with E-state index in [2.05, 4.69) is 0 Å². The van der Waals surface area contributed by atoms with Gasteiger partial charge in [-0.15, -0.1) is 11.6 Å². The zero-order valence-electron chi connectivity index (χ0n) is 12.1. The first-order valence-corrected chi connectivity index (χ1v) is 6.98. The number of hydrogen-bond acceptors (Lipinski definition) is 3. The maximum absolute atomic E-state index is 11.9. The van der Waals surface area contributed by atoms with E-state index in [1.807, 2.05) is 26.0 Å².